The van der Waals surface area contributed by atoms with Crippen LogP contribution >= 0.6 is 0 Å². The number of carbonyl (C=O) groups excluding carboxylic acids is 1. The molecule has 2 rings (SSSR count). The summed E-state index contributed by atoms with van der Waals surface area (Å²) in [6, 6.07) is 0.293. The van der Waals surface area contributed by atoms with Crippen LogP contribution in [0.25, 0.3) is 0 Å². The van der Waals surface area contributed by atoms with Crippen LogP contribution in [0.1, 0.15) is 33.1 Å². The zero-order valence-electron chi connectivity index (χ0n) is 10.4. The van der Waals surface area contributed by atoms with Crippen molar-refractivity contribution in [2.45, 2.75) is 45.2 Å². The highest BCUT2D eigenvalue weighted by Gasteiger charge is 2.39. The van der Waals surface area contributed by atoms with Crippen LogP contribution in [0.15, 0.2) is 0 Å². The number of hydrogen-bond donors (Lipinski definition) is 1. The van der Waals surface area contributed by atoms with Gasteiger partial charge in [-0.2, -0.15) is 0 Å². The highest BCUT2D eigenvalue weighted by Crippen LogP contribution is 2.30. The Morgan fingerprint density at radius 3 is 2.41 bits per heavy atom. The van der Waals surface area contributed by atoms with Crippen molar-refractivity contribution in [2.75, 3.05) is 13.1 Å². The maximum Gasteiger partial charge on any atom is 0.323 e. The third kappa shape index (κ3) is 2.70. The lowest BCUT2D eigenvalue weighted by atomic mass is 10.1. The molecule has 2 atom stereocenters. The molecule has 0 aromatic heterocycles. The van der Waals surface area contributed by atoms with E-state index in [-0.39, 0.29) is 24.7 Å². The van der Waals surface area contributed by atoms with Gasteiger partial charge in [0.05, 0.1) is 0 Å². The number of carboxylic acid groups (broad SMARTS) is 1. The Balaban J connectivity index is 2.03. The third-order valence-electron chi connectivity index (χ3n) is 3.57. The number of carbonyl (C=O) groups is 2. The van der Waals surface area contributed by atoms with Crippen molar-refractivity contribution in [1.29, 1.82) is 0 Å². The molecule has 2 amide bonds. The zero-order chi connectivity index (χ0) is 12.6. The molecule has 5 heteroatoms. The van der Waals surface area contributed by atoms with Crippen molar-refractivity contribution in [3.8, 4) is 0 Å². The van der Waals surface area contributed by atoms with Crippen LogP contribution in [0.5, 0.6) is 0 Å². The Kier molecular flexibility index (Phi) is 3.26. The largest absolute Gasteiger partial charge is 0.480 e. The lowest BCUT2D eigenvalue weighted by molar-refractivity contribution is -0.137. The van der Waals surface area contributed by atoms with Gasteiger partial charge in [0.1, 0.15) is 6.54 Å². The molecule has 5 nitrogen and oxygen atoms in total. The summed E-state index contributed by atoms with van der Waals surface area (Å²) in [4.78, 5) is 26.5. The van der Waals surface area contributed by atoms with Gasteiger partial charge in [0.25, 0.3) is 0 Å². The molecule has 96 valence electrons. The molecule has 0 aromatic rings. The third-order valence-corrected chi connectivity index (χ3v) is 3.57. The van der Waals surface area contributed by atoms with E-state index in [2.05, 4.69) is 6.92 Å². The van der Waals surface area contributed by atoms with Crippen molar-refractivity contribution < 1.29 is 14.7 Å². The molecule has 1 saturated carbocycles. The van der Waals surface area contributed by atoms with Crippen LogP contribution in [0.2, 0.25) is 0 Å². The number of rotatable bonds is 3. The first-order valence-corrected chi connectivity index (χ1v) is 6.28. The number of carboxylic acids is 1. The number of urea groups is 1. The van der Waals surface area contributed by atoms with E-state index in [0.717, 1.165) is 25.8 Å². The first-order chi connectivity index (χ1) is 7.99. The minimum atomic E-state index is -0.926. The highest BCUT2D eigenvalue weighted by molar-refractivity contribution is 5.81. The molecule has 1 heterocycles. The number of hydrogen-bond acceptors (Lipinski definition) is 2. The average molecular weight is 240 g/mol. The van der Waals surface area contributed by atoms with Crippen LogP contribution in [-0.4, -0.2) is 52.1 Å². The molecule has 2 aliphatic rings. The normalized spacial score (nSPS) is 28.2. The Bertz CT molecular complexity index is 328. The maximum absolute atomic E-state index is 12.3. The summed E-state index contributed by atoms with van der Waals surface area (Å²) in [7, 11) is 0. The van der Waals surface area contributed by atoms with E-state index in [0.29, 0.717) is 5.92 Å². The lowest BCUT2D eigenvalue weighted by Gasteiger charge is -2.29. The molecule has 0 bridgehead atoms. The van der Waals surface area contributed by atoms with Gasteiger partial charge in [-0.05, 0) is 32.1 Å². The lowest BCUT2D eigenvalue weighted by Crippen LogP contribution is -2.47. The summed E-state index contributed by atoms with van der Waals surface area (Å²) in [5.74, 6) is -0.412. The number of amides is 2. The zero-order valence-corrected chi connectivity index (χ0v) is 10.4. The monoisotopic (exact) mass is 240 g/mol. The molecule has 1 aliphatic heterocycles. The molecule has 17 heavy (non-hydrogen) atoms. The minimum Gasteiger partial charge on any atom is -0.480 e. The maximum atomic E-state index is 12.3. The van der Waals surface area contributed by atoms with Gasteiger partial charge in [-0.1, -0.05) is 6.92 Å². The second-order valence-corrected chi connectivity index (χ2v) is 5.38. The smallest absolute Gasteiger partial charge is 0.323 e. The van der Waals surface area contributed by atoms with Crippen LogP contribution in [0, 0.1) is 5.92 Å². The second kappa shape index (κ2) is 4.55. The van der Waals surface area contributed by atoms with E-state index in [4.69, 9.17) is 5.11 Å². The van der Waals surface area contributed by atoms with Gasteiger partial charge in [0.2, 0.25) is 0 Å². The van der Waals surface area contributed by atoms with Gasteiger partial charge in [-0.25, -0.2) is 4.79 Å². The molecule has 2 fully saturated rings. The summed E-state index contributed by atoms with van der Waals surface area (Å²) >= 11 is 0. The van der Waals surface area contributed by atoms with Gasteiger partial charge >= 0.3 is 12.0 Å². The topological polar surface area (TPSA) is 60.9 Å². The van der Waals surface area contributed by atoms with E-state index in [9.17, 15) is 9.59 Å². The Hall–Kier alpha value is -1.26. The van der Waals surface area contributed by atoms with Gasteiger partial charge < -0.3 is 14.9 Å². The van der Waals surface area contributed by atoms with E-state index in [1.54, 1.807) is 0 Å². The molecule has 0 spiro atoms. The molecule has 0 aromatic carbocycles. The predicted molar refractivity (Wildman–Crippen MR) is 62.7 cm³/mol. The molecule has 0 radical (unpaired) electrons. The summed E-state index contributed by atoms with van der Waals surface area (Å²) in [6.07, 6.45) is 2.89. The summed E-state index contributed by atoms with van der Waals surface area (Å²) < 4.78 is 0. The molecule has 1 aliphatic carbocycles. The van der Waals surface area contributed by atoms with Gasteiger partial charge in [-0.3, -0.25) is 4.79 Å². The fourth-order valence-electron chi connectivity index (χ4n) is 2.62. The van der Waals surface area contributed by atoms with Crippen LogP contribution < -0.4 is 0 Å². The summed E-state index contributed by atoms with van der Waals surface area (Å²) in [5.41, 5.74) is 0. The quantitative estimate of drug-likeness (QED) is 0.810. The van der Waals surface area contributed by atoms with E-state index in [1.807, 2.05) is 11.8 Å². The molecule has 2 unspecified atom stereocenters. The standard InChI is InChI=1S/C12H20N2O3/c1-8-5-9(2)13(6-8)12(17)14(7-11(15)16)10-3-4-10/h8-10H,3-7H2,1-2H3,(H,15,16). The van der Waals surface area contributed by atoms with Gasteiger partial charge in [0.15, 0.2) is 0 Å². The first kappa shape index (κ1) is 12.2. The Labute approximate surface area is 101 Å². The van der Waals surface area contributed by atoms with Crippen LogP contribution in [0.4, 0.5) is 4.79 Å². The minimum absolute atomic E-state index is 0.0910. The van der Waals surface area contributed by atoms with Crippen LogP contribution in [0.3, 0.4) is 0 Å². The molecular weight excluding hydrogens is 220 g/mol. The number of aliphatic carboxylic acids is 1. The van der Waals surface area contributed by atoms with Crippen molar-refractivity contribution in [1.82, 2.24) is 9.80 Å². The molecule has 1 N–H and O–H groups in total. The fraction of sp³-hybridized carbons (Fsp3) is 0.833. The fourth-order valence-corrected chi connectivity index (χ4v) is 2.62. The van der Waals surface area contributed by atoms with Gasteiger partial charge in [0, 0.05) is 18.6 Å². The summed E-state index contributed by atoms with van der Waals surface area (Å²) in [6.45, 7) is 4.75. The van der Waals surface area contributed by atoms with Crippen molar-refractivity contribution in [3.05, 3.63) is 0 Å². The van der Waals surface area contributed by atoms with E-state index >= 15 is 0 Å². The number of nitrogens with zero attached hydrogens (tertiary/aromatic N) is 2. The van der Waals surface area contributed by atoms with Crippen molar-refractivity contribution in [2.24, 2.45) is 5.92 Å². The van der Waals surface area contributed by atoms with Crippen molar-refractivity contribution >= 4 is 12.0 Å². The summed E-state index contributed by atoms with van der Waals surface area (Å²) in [5, 5.41) is 8.86. The van der Waals surface area contributed by atoms with Gasteiger partial charge in [-0.15, -0.1) is 0 Å². The SMILES string of the molecule is CC1CC(C)N(C(=O)N(CC(=O)O)C2CC2)C1. The highest BCUT2D eigenvalue weighted by atomic mass is 16.4. The Morgan fingerprint density at radius 2 is 2.00 bits per heavy atom. The molecule has 1 saturated heterocycles. The second-order valence-electron chi connectivity index (χ2n) is 5.38. The van der Waals surface area contributed by atoms with E-state index in [1.165, 1.54) is 4.90 Å². The first-order valence-electron chi connectivity index (χ1n) is 6.28. The number of likely N-dealkylation sites (tertiary alicyclic amines) is 1. The average Bonchev–Trinajstić information content (AvgIpc) is 3.00. The molecular formula is C12H20N2O3. The Morgan fingerprint density at radius 1 is 1.35 bits per heavy atom. The van der Waals surface area contributed by atoms with Crippen LogP contribution in [-0.2, 0) is 4.79 Å². The van der Waals surface area contributed by atoms with E-state index < -0.39 is 5.97 Å². The predicted octanol–water partition coefficient (Wildman–Crippen LogP) is 1.39. The van der Waals surface area contributed by atoms with Crippen molar-refractivity contribution in [3.63, 3.8) is 0 Å².